The molecule has 0 saturated heterocycles. The molecule has 0 N–H and O–H groups in total. The summed E-state index contributed by atoms with van der Waals surface area (Å²) in [6.07, 6.45) is 12.3. The molecule has 0 aliphatic heterocycles. The molecule has 4 heteroatoms. The van der Waals surface area contributed by atoms with Crippen LogP contribution in [0, 0.1) is 0 Å². The Bertz CT molecular complexity index is 172. The fourth-order valence-electron chi connectivity index (χ4n) is 1.74. The molecule has 18 heavy (non-hydrogen) atoms. The third-order valence-corrected chi connectivity index (χ3v) is 4.59. The zero-order valence-corrected chi connectivity index (χ0v) is 17.1. The predicted molar refractivity (Wildman–Crippen MR) is 71.4 cm³/mol. The number of halogens is 3. The van der Waals surface area contributed by atoms with E-state index in [2.05, 4.69) is 20.8 Å². The van der Waals surface area contributed by atoms with E-state index in [-0.39, 0.29) is 37.2 Å². The molecule has 0 fully saturated rings. The molecule has 0 aromatic rings. The molecule has 0 nitrogen and oxygen atoms in total. The fourth-order valence-corrected chi connectivity index (χ4v) is 2.96. The van der Waals surface area contributed by atoms with Gasteiger partial charge in [0.05, 0.1) is 0 Å². The van der Waals surface area contributed by atoms with Crippen LogP contribution in [0.25, 0.3) is 0 Å². The van der Waals surface area contributed by atoms with Crippen LogP contribution in [0.1, 0.15) is 78.6 Å². The first-order valence-electron chi connectivity index (χ1n) is 6.68. The van der Waals surface area contributed by atoms with Crippen LogP contribution >= 0.6 is 0 Å². The van der Waals surface area contributed by atoms with Crippen LogP contribution in [0.2, 0.25) is 0 Å². The maximum absolute atomic E-state index is 2.30. The van der Waals surface area contributed by atoms with E-state index in [0.717, 1.165) is 0 Å². The first-order valence-corrected chi connectivity index (χ1v) is 8.11. The van der Waals surface area contributed by atoms with Crippen LogP contribution in [0.3, 0.4) is 0 Å². The summed E-state index contributed by atoms with van der Waals surface area (Å²) in [6.45, 7) is 6.89. The monoisotopic (exact) mass is 420 g/mol. The van der Waals surface area contributed by atoms with Crippen molar-refractivity contribution in [2.45, 2.75) is 78.6 Å². The topological polar surface area (TPSA) is 0 Å². The molecule has 0 aliphatic carbocycles. The van der Waals surface area contributed by atoms with Gasteiger partial charge in [0.15, 0.2) is 0 Å². The Labute approximate surface area is 146 Å². The van der Waals surface area contributed by atoms with Gasteiger partial charge in [-0.2, -0.15) is 0 Å². The Morgan fingerprint density at radius 1 is 0.667 bits per heavy atom. The Morgan fingerprint density at radius 3 is 1.33 bits per heavy atom. The summed E-state index contributed by atoms with van der Waals surface area (Å²) in [4.78, 5) is 0. The molecule has 0 saturated carbocycles. The van der Waals surface area contributed by atoms with E-state index >= 15 is 0 Å². The average Bonchev–Trinajstić information content (AvgIpc) is 2.26. The van der Waals surface area contributed by atoms with Crippen molar-refractivity contribution in [1.82, 2.24) is 0 Å². The Morgan fingerprint density at radius 2 is 1.00 bits per heavy atom. The van der Waals surface area contributed by atoms with E-state index in [4.69, 9.17) is 0 Å². The molecule has 0 amide bonds. The molecule has 0 rings (SSSR count). The van der Waals surface area contributed by atoms with Crippen LogP contribution in [-0.4, -0.2) is 22.5 Å². The molecule has 0 unspecified atom stereocenters. The largest absolute Gasteiger partial charge is 1.00 e. The summed E-state index contributed by atoms with van der Waals surface area (Å²) in [5.41, 5.74) is 1.81. The van der Waals surface area contributed by atoms with Gasteiger partial charge in [-0.25, -0.2) is 0 Å². The zero-order chi connectivity index (χ0) is 11.5. The van der Waals surface area contributed by atoms with Crippen LogP contribution < -0.4 is 37.2 Å². The molecule has 0 aromatic carbocycles. The summed E-state index contributed by atoms with van der Waals surface area (Å²) in [6, 6.07) is 0. The summed E-state index contributed by atoms with van der Waals surface area (Å²) in [5.74, 6) is 0. The second-order valence-corrected chi connectivity index (χ2v) is 6.12. The maximum atomic E-state index is 2.30. The van der Waals surface area contributed by atoms with Crippen molar-refractivity contribution in [3.63, 3.8) is 0 Å². The van der Waals surface area contributed by atoms with Crippen LogP contribution in [0.4, 0.5) is 0 Å². The zero-order valence-electron chi connectivity index (χ0n) is 12.0. The number of unbranched alkanes of at least 4 members (excludes halogenated alkanes) is 3. The molecular weight excluding hydrogens is 393 g/mol. The van der Waals surface area contributed by atoms with Crippen molar-refractivity contribution in [3.8, 4) is 0 Å². The van der Waals surface area contributed by atoms with E-state index in [0.29, 0.717) is 0 Å². The maximum Gasteiger partial charge on any atom is -1.00 e. The number of hydrogen-bond acceptors (Lipinski definition) is 0. The minimum Gasteiger partial charge on any atom is -1.00 e. The summed E-state index contributed by atoms with van der Waals surface area (Å²) >= 11 is 1.67. The number of allylic oxidation sites excluding steroid dienone is 2. The van der Waals surface area contributed by atoms with Gasteiger partial charge in [0.25, 0.3) is 0 Å². The quantitative estimate of drug-likeness (QED) is 0.334. The Hall–Kier alpha value is 1.41. The van der Waals surface area contributed by atoms with Gasteiger partial charge >= 0.3 is 110 Å². The van der Waals surface area contributed by atoms with Gasteiger partial charge in [0.2, 0.25) is 0 Å². The van der Waals surface area contributed by atoms with Crippen molar-refractivity contribution in [2.75, 3.05) is 0 Å². The van der Waals surface area contributed by atoms with E-state index < -0.39 is 0 Å². The summed E-state index contributed by atoms with van der Waals surface area (Å²) < 4.78 is 1.78. The number of rotatable bonds is 9. The van der Waals surface area contributed by atoms with Crippen LogP contribution in [0.5, 0.6) is 0 Å². The molecule has 0 aliphatic rings. The molecule has 0 bridgehead atoms. The van der Waals surface area contributed by atoms with E-state index in [1.165, 1.54) is 57.8 Å². The standard InChI is InChI=1S/C14H27.3ClH.Sn/c1-4-7-10-13-14(11-8-5-2)12-9-6-3;;;;/h4-12H2,1-3H3;3*1H;/q;;;;+3/p-3. The van der Waals surface area contributed by atoms with E-state index in [1.54, 1.807) is 26.1 Å². The molecule has 0 heterocycles. The second-order valence-electron chi connectivity index (χ2n) is 4.39. The van der Waals surface area contributed by atoms with Gasteiger partial charge in [-0.05, 0) is 0 Å². The van der Waals surface area contributed by atoms with Gasteiger partial charge in [0, 0.05) is 0 Å². The Kier molecular flexibility index (Phi) is 31.9. The van der Waals surface area contributed by atoms with Gasteiger partial charge in [-0.1, -0.05) is 0 Å². The number of hydrogen-bond donors (Lipinski definition) is 0. The van der Waals surface area contributed by atoms with Gasteiger partial charge in [-0.3, -0.25) is 0 Å². The SMILES string of the molecule is CCCC[C]([Sn+3])=C(CCCC)CCCC.[Cl-].[Cl-].[Cl-]. The first-order chi connectivity index (χ1) is 7.26. The van der Waals surface area contributed by atoms with Crippen LogP contribution in [0.15, 0.2) is 9.16 Å². The third kappa shape index (κ3) is 15.5. The smallest absolute Gasteiger partial charge is 1.00 e. The molecule has 108 valence electrons. The second kappa shape index (κ2) is 20.7. The van der Waals surface area contributed by atoms with Crippen molar-refractivity contribution in [1.29, 1.82) is 0 Å². The summed E-state index contributed by atoms with van der Waals surface area (Å²) in [5, 5.41) is 0. The minimum atomic E-state index is 0. The van der Waals surface area contributed by atoms with Gasteiger partial charge < -0.3 is 37.2 Å². The molecular formula is C14H27Cl3Sn. The predicted octanol–water partition coefficient (Wildman–Crippen LogP) is -4.01. The molecule has 0 radical (unpaired) electrons. The Balaban J connectivity index is -0.000000327. The average molecular weight is 420 g/mol. The van der Waals surface area contributed by atoms with Crippen molar-refractivity contribution >= 4 is 22.5 Å². The van der Waals surface area contributed by atoms with Crippen molar-refractivity contribution in [2.24, 2.45) is 0 Å². The molecule has 0 spiro atoms. The minimum absolute atomic E-state index is 0. The van der Waals surface area contributed by atoms with Gasteiger partial charge in [0.1, 0.15) is 0 Å². The molecule has 0 aromatic heterocycles. The molecule has 0 atom stereocenters. The van der Waals surface area contributed by atoms with E-state index in [9.17, 15) is 0 Å². The normalized spacial score (nSPS) is 8.72. The van der Waals surface area contributed by atoms with Crippen LogP contribution in [-0.2, 0) is 0 Å². The van der Waals surface area contributed by atoms with E-state index in [1.807, 2.05) is 5.57 Å². The van der Waals surface area contributed by atoms with Crippen molar-refractivity contribution in [3.05, 3.63) is 9.16 Å². The third-order valence-electron chi connectivity index (χ3n) is 2.87. The first kappa shape index (κ1) is 27.7. The van der Waals surface area contributed by atoms with Crippen molar-refractivity contribution < 1.29 is 37.2 Å². The van der Waals surface area contributed by atoms with Gasteiger partial charge in [-0.15, -0.1) is 0 Å². The summed E-state index contributed by atoms with van der Waals surface area (Å²) in [7, 11) is 0. The fraction of sp³-hybridized carbons (Fsp3) is 0.857.